The lowest BCUT2D eigenvalue weighted by Gasteiger charge is -2.33. The number of nitrogens with two attached hydrogens (primary N) is 1. The fraction of sp³-hybridized carbons (Fsp3) is 0.538. The third kappa shape index (κ3) is 1.57. The fourth-order valence-corrected chi connectivity index (χ4v) is 2.57. The summed E-state index contributed by atoms with van der Waals surface area (Å²) in [6.45, 7) is 4.55. The SMILES string of the molecule is CC(C)[C@H]1CCc2ccccc2[C@H]1N. The van der Waals surface area contributed by atoms with Crippen LogP contribution < -0.4 is 5.73 Å². The van der Waals surface area contributed by atoms with Crippen LogP contribution in [0.5, 0.6) is 0 Å². The number of rotatable bonds is 1. The lowest BCUT2D eigenvalue weighted by Crippen LogP contribution is -2.30. The largest absolute Gasteiger partial charge is 0.324 e. The smallest absolute Gasteiger partial charge is 0.0328 e. The molecule has 0 spiro atoms. The van der Waals surface area contributed by atoms with E-state index in [-0.39, 0.29) is 6.04 Å². The minimum absolute atomic E-state index is 0.250. The molecule has 1 aliphatic rings. The number of aryl methyl sites for hydroxylation is 1. The molecule has 0 amide bonds. The molecule has 0 heterocycles. The Morgan fingerprint density at radius 3 is 2.71 bits per heavy atom. The van der Waals surface area contributed by atoms with Crippen molar-refractivity contribution in [1.82, 2.24) is 0 Å². The Hall–Kier alpha value is -0.820. The van der Waals surface area contributed by atoms with Crippen LogP contribution in [0, 0.1) is 11.8 Å². The van der Waals surface area contributed by atoms with Crippen molar-refractivity contribution in [3.63, 3.8) is 0 Å². The van der Waals surface area contributed by atoms with Crippen molar-refractivity contribution in [1.29, 1.82) is 0 Å². The fourth-order valence-electron chi connectivity index (χ4n) is 2.57. The maximum atomic E-state index is 6.29. The molecule has 0 aliphatic heterocycles. The van der Waals surface area contributed by atoms with Crippen LogP contribution in [-0.2, 0) is 6.42 Å². The van der Waals surface area contributed by atoms with Crippen LogP contribution in [0.25, 0.3) is 0 Å². The van der Waals surface area contributed by atoms with Crippen LogP contribution in [0.4, 0.5) is 0 Å². The van der Waals surface area contributed by atoms with E-state index in [0.717, 1.165) is 0 Å². The van der Waals surface area contributed by atoms with Gasteiger partial charge in [-0.1, -0.05) is 38.1 Å². The van der Waals surface area contributed by atoms with Crippen molar-refractivity contribution in [3.05, 3.63) is 35.4 Å². The van der Waals surface area contributed by atoms with E-state index in [0.29, 0.717) is 11.8 Å². The van der Waals surface area contributed by atoms with Crippen molar-refractivity contribution in [2.75, 3.05) is 0 Å². The maximum absolute atomic E-state index is 6.29. The van der Waals surface area contributed by atoms with Crippen LogP contribution in [-0.4, -0.2) is 0 Å². The molecule has 0 saturated carbocycles. The van der Waals surface area contributed by atoms with Gasteiger partial charge < -0.3 is 5.73 Å². The van der Waals surface area contributed by atoms with Gasteiger partial charge >= 0.3 is 0 Å². The van der Waals surface area contributed by atoms with Crippen molar-refractivity contribution in [2.45, 2.75) is 32.7 Å². The van der Waals surface area contributed by atoms with Crippen LogP contribution in [0.2, 0.25) is 0 Å². The average Bonchev–Trinajstić information content (AvgIpc) is 2.18. The second-order valence-electron chi connectivity index (χ2n) is 4.67. The lowest BCUT2D eigenvalue weighted by atomic mass is 9.75. The Balaban J connectivity index is 2.31. The topological polar surface area (TPSA) is 26.0 Å². The van der Waals surface area contributed by atoms with Gasteiger partial charge in [0.25, 0.3) is 0 Å². The summed E-state index contributed by atoms with van der Waals surface area (Å²) in [4.78, 5) is 0. The molecule has 2 N–H and O–H groups in total. The van der Waals surface area contributed by atoms with E-state index in [1.54, 1.807) is 0 Å². The molecule has 0 saturated heterocycles. The molecule has 1 nitrogen and oxygen atoms in total. The molecular weight excluding hydrogens is 170 g/mol. The molecule has 1 heteroatoms. The van der Waals surface area contributed by atoms with E-state index in [2.05, 4.69) is 38.1 Å². The zero-order valence-corrected chi connectivity index (χ0v) is 9.03. The third-order valence-corrected chi connectivity index (χ3v) is 3.48. The number of hydrogen-bond acceptors (Lipinski definition) is 1. The Bertz CT molecular complexity index is 317. The predicted octanol–water partition coefficient (Wildman–Crippen LogP) is 2.90. The third-order valence-electron chi connectivity index (χ3n) is 3.48. The molecule has 0 fully saturated rings. The Morgan fingerprint density at radius 2 is 2.00 bits per heavy atom. The monoisotopic (exact) mass is 189 g/mol. The Morgan fingerprint density at radius 1 is 1.29 bits per heavy atom. The summed E-state index contributed by atoms with van der Waals surface area (Å²) < 4.78 is 0. The summed E-state index contributed by atoms with van der Waals surface area (Å²) in [6.07, 6.45) is 2.45. The van der Waals surface area contributed by atoms with Gasteiger partial charge in [-0.05, 0) is 35.8 Å². The van der Waals surface area contributed by atoms with Crippen molar-refractivity contribution in [2.24, 2.45) is 17.6 Å². The molecule has 1 aromatic carbocycles. The second kappa shape index (κ2) is 3.74. The molecule has 14 heavy (non-hydrogen) atoms. The molecular formula is C13H19N. The highest BCUT2D eigenvalue weighted by Gasteiger charge is 2.28. The molecule has 0 aromatic heterocycles. The maximum Gasteiger partial charge on any atom is 0.0328 e. The highest BCUT2D eigenvalue weighted by molar-refractivity contribution is 5.32. The van der Waals surface area contributed by atoms with E-state index >= 15 is 0 Å². The summed E-state index contributed by atoms with van der Waals surface area (Å²) >= 11 is 0. The van der Waals surface area contributed by atoms with Gasteiger partial charge in [-0.2, -0.15) is 0 Å². The van der Waals surface area contributed by atoms with E-state index in [4.69, 9.17) is 5.73 Å². The zero-order chi connectivity index (χ0) is 10.1. The van der Waals surface area contributed by atoms with Crippen LogP contribution in [0.15, 0.2) is 24.3 Å². The molecule has 0 bridgehead atoms. The van der Waals surface area contributed by atoms with Crippen LogP contribution in [0.1, 0.15) is 37.4 Å². The highest BCUT2D eigenvalue weighted by atomic mass is 14.7. The first kappa shape index (κ1) is 9.72. The van der Waals surface area contributed by atoms with Gasteiger partial charge in [0, 0.05) is 6.04 Å². The van der Waals surface area contributed by atoms with Gasteiger partial charge in [0.1, 0.15) is 0 Å². The summed E-state index contributed by atoms with van der Waals surface area (Å²) in [5.41, 5.74) is 9.12. The van der Waals surface area contributed by atoms with E-state index in [9.17, 15) is 0 Å². The van der Waals surface area contributed by atoms with Gasteiger partial charge in [-0.3, -0.25) is 0 Å². The Kier molecular flexibility index (Phi) is 2.60. The quantitative estimate of drug-likeness (QED) is 0.722. The van der Waals surface area contributed by atoms with Gasteiger partial charge in [0.2, 0.25) is 0 Å². The summed E-state index contributed by atoms with van der Waals surface area (Å²) in [6, 6.07) is 8.86. The second-order valence-corrected chi connectivity index (χ2v) is 4.67. The molecule has 1 aliphatic carbocycles. The minimum atomic E-state index is 0.250. The van der Waals surface area contributed by atoms with Crippen LogP contribution in [0.3, 0.4) is 0 Å². The Labute approximate surface area is 86.3 Å². The first-order valence-electron chi connectivity index (χ1n) is 5.53. The summed E-state index contributed by atoms with van der Waals surface area (Å²) in [7, 11) is 0. The van der Waals surface area contributed by atoms with Crippen LogP contribution >= 0.6 is 0 Å². The minimum Gasteiger partial charge on any atom is -0.324 e. The number of benzene rings is 1. The van der Waals surface area contributed by atoms with E-state index < -0.39 is 0 Å². The molecule has 76 valence electrons. The number of hydrogen-bond donors (Lipinski definition) is 1. The highest BCUT2D eigenvalue weighted by Crippen LogP contribution is 2.36. The zero-order valence-electron chi connectivity index (χ0n) is 9.03. The van der Waals surface area contributed by atoms with Gasteiger partial charge in [-0.15, -0.1) is 0 Å². The molecule has 0 unspecified atom stereocenters. The van der Waals surface area contributed by atoms with Crippen molar-refractivity contribution in [3.8, 4) is 0 Å². The average molecular weight is 189 g/mol. The summed E-state index contributed by atoms with van der Waals surface area (Å²) in [5.74, 6) is 1.35. The first-order valence-corrected chi connectivity index (χ1v) is 5.53. The van der Waals surface area contributed by atoms with Crippen molar-refractivity contribution < 1.29 is 0 Å². The molecule has 1 aromatic rings. The van der Waals surface area contributed by atoms with Gasteiger partial charge in [-0.25, -0.2) is 0 Å². The first-order chi connectivity index (χ1) is 6.70. The molecule has 0 radical (unpaired) electrons. The standard InChI is InChI=1S/C13H19N/c1-9(2)11-8-7-10-5-3-4-6-12(10)13(11)14/h3-6,9,11,13H,7-8,14H2,1-2H3/t11-,13+/m1/s1. The molecule has 2 rings (SSSR count). The van der Waals surface area contributed by atoms with E-state index in [1.165, 1.54) is 24.0 Å². The number of fused-ring (bicyclic) bond motifs is 1. The van der Waals surface area contributed by atoms with Gasteiger partial charge in [0.15, 0.2) is 0 Å². The normalized spacial score (nSPS) is 26.3. The van der Waals surface area contributed by atoms with Crippen molar-refractivity contribution >= 4 is 0 Å². The molecule has 2 atom stereocenters. The lowest BCUT2D eigenvalue weighted by molar-refractivity contribution is 0.286. The summed E-state index contributed by atoms with van der Waals surface area (Å²) in [5, 5.41) is 0. The van der Waals surface area contributed by atoms with Gasteiger partial charge in [0.05, 0.1) is 0 Å². The predicted molar refractivity (Wildman–Crippen MR) is 60.0 cm³/mol. The van der Waals surface area contributed by atoms with E-state index in [1.807, 2.05) is 0 Å².